The summed E-state index contributed by atoms with van der Waals surface area (Å²) in [6.07, 6.45) is 0.815. The van der Waals surface area contributed by atoms with Gasteiger partial charge in [-0.15, -0.1) is 0 Å². The summed E-state index contributed by atoms with van der Waals surface area (Å²) in [6, 6.07) is 15.7. The SMILES string of the molecule is CC(Br)(Cc1ccc(SSc2ccc(CC(C)(Br)C(=O)O)cc2)cc1)C(=O)O. The van der Waals surface area contributed by atoms with Gasteiger partial charge in [-0.3, -0.25) is 9.59 Å². The lowest BCUT2D eigenvalue weighted by Crippen LogP contribution is -2.30. The Labute approximate surface area is 189 Å². The van der Waals surface area contributed by atoms with Crippen LogP contribution < -0.4 is 0 Å². The predicted molar refractivity (Wildman–Crippen MR) is 122 cm³/mol. The molecule has 0 radical (unpaired) electrons. The molecule has 0 bridgehead atoms. The largest absolute Gasteiger partial charge is 0.480 e. The molecule has 4 nitrogen and oxygen atoms in total. The van der Waals surface area contributed by atoms with Gasteiger partial charge in [0.05, 0.1) is 0 Å². The van der Waals surface area contributed by atoms with Crippen LogP contribution in [0.2, 0.25) is 0 Å². The van der Waals surface area contributed by atoms with Gasteiger partial charge < -0.3 is 10.2 Å². The number of benzene rings is 2. The maximum absolute atomic E-state index is 11.2. The van der Waals surface area contributed by atoms with E-state index in [0.29, 0.717) is 12.8 Å². The van der Waals surface area contributed by atoms with Crippen molar-refractivity contribution < 1.29 is 19.8 Å². The molecular formula is C20H20Br2O4S2. The number of aliphatic carboxylic acids is 2. The molecule has 0 saturated heterocycles. The first-order valence-corrected chi connectivity index (χ1v) is 12.1. The monoisotopic (exact) mass is 546 g/mol. The van der Waals surface area contributed by atoms with E-state index in [-0.39, 0.29) is 0 Å². The van der Waals surface area contributed by atoms with Crippen LogP contribution in [-0.4, -0.2) is 30.8 Å². The molecule has 0 amide bonds. The number of hydrogen-bond donors (Lipinski definition) is 2. The molecule has 0 fully saturated rings. The first-order valence-electron chi connectivity index (χ1n) is 8.37. The highest BCUT2D eigenvalue weighted by atomic mass is 79.9. The number of carboxylic acid groups (broad SMARTS) is 2. The van der Waals surface area contributed by atoms with Crippen LogP contribution in [0.4, 0.5) is 0 Å². The molecule has 2 rings (SSSR count). The van der Waals surface area contributed by atoms with Crippen molar-refractivity contribution in [2.24, 2.45) is 0 Å². The maximum atomic E-state index is 11.2. The summed E-state index contributed by atoms with van der Waals surface area (Å²) >= 11 is 6.50. The fourth-order valence-corrected chi connectivity index (χ4v) is 4.92. The minimum Gasteiger partial charge on any atom is -0.480 e. The summed E-state index contributed by atoms with van der Waals surface area (Å²) in [5.74, 6) is -1.76. The van der Waals surface area contributed by atoms with Crippen LogP contribution in [0.3, 0.4) is 0 Å². The highest BCUT2D eigenvalue weighted by molar-refractivity contribution is 9.10. The summed E-state index contributed by atoms with van der Waals surface area (Å²) in [5.41, 5.74) is 1.91. The topological polar surface area (TPSA) is 74.6 Å². The van der Waals surface area contributed by atoms with Crippen LogP contribution in [0.15, 0.2) is 58.3 Å². The highest BCUT2D eigenvalue weighted by Gasteiger charge is 2.30. The predicted octanol–water partition coefficient (Wildman–Crippen LogP) is 6.05. The number of carbonyl (C=O) groups is 2. The summed E-state index contributed by atoms with van der Waals surface area (Å²) in [6.45, 7) is 3.29. The van der Waals surface area contributed by atoms with Crippen LogP contribution in [0.1, 0.15) is 25.0 Å². The Balaban J connectivity index is 1.92. The van der Waals surface area contributed by atoms with Gasteiger partial charge in [-0.05, 0) is 62.1 Å². The number of carboxylic acids is 2. The van der Waals surface area contributed by atoms with E-state index in [1.807, 2.05) is 48.5 Å². The third-order valence-corrected chi connectivity index (χ3v) is 7.70. The summed E-state index contributed by atoms with van der Waals surface area (Å²) in [4.78, 5) is 24.5. The molecule has 8 heteroatoms. The van der Waals surface area contributed by atoms with Gasteiger partial charge in [0.2, 0.25) is 0 Å². The fourth-order valence-electron chi connectivity index (χ4n) is 2.34. The average molecular weight is 548 g/mol. The van der Waals surface area contributed by atoms with E-state index >= 15 is 0 Å². The van der Waals surface area contributed by atoms with Crippen LogP contribution >= 0.6 is 53.4 Å². The third kappa shape index (κ3) is 6.83. The zero-order chi connectivity index (χ0) is 20.9. The number of alkyl halides is 2. The Kier molecular flexibility index (Phi) is 8.07. The van der Waals surface area contributed by atoms with E-state index in [1.54, 1.807) is 35.4 Å². The lowest BCUT2D eigenvalue weighted by atomic mass is 10.0. The Morgan fingerprint density at radius 1 is 0.750 bits per heavy atom. The maximum Gasteiger partial charge on any atom is 0.320 e. The van der Waals surface area contributed by atoms with Crippen molar-refractivity contribution in [2.75, 3.05) is 0 Å². The summed E-state index contributed by atoms with van der Waals surface area (Å²) < 4.78 is -1.94. The van der Waals surface area contributed by atoms with Gasteiger partial charge in [0, 0.05) is 9.79 Å². The second-order valence-corrected chi connectivity index (χ2v) is 12.6. The molecule has 28 heavy (non-hydrogen) atoms. The van der Waals surface area contributed by atoms with Crippen molar-refractivity contribution in [3.05, 3.63) is 59.7 Å². The van der Waals surface area contributed by atoms with Gasteiger partial charge in [-0.25, -0.2) is 0 Å². The molecule has 150 valence electrons. The van der Waals surface area contributed by atoms with Crippen molar-refractivity contribution in [3.8, 4) is 0 Å². The average Bonchev–Trinajstić information content (AvgIpc) is 2.61. The third-order valence-electron chi connectivity index (χ3n) is 4.04. The van der Waals surface area contributed by atoms with Crippen LogP contribution in [0.5, 0.6) is 0 Å². The van der Waals surface area contributed by atoms with Crippen molar-refractivity contribution in [2.45, 2.75) is 45.1 Å². The van der Waals surface area contributed by atoms with Crippen LogP contribution in [0, 0.1) is 0 Å². The molecular weight excluding hydrogens is 528 g/mol. The van der Waals surface area contributed by atoms with E-state index < -0.39 is 20.6 Å². The van der Waals surface area contributed by atoms with E-state index in [0.717, 1.165) is 20.9 Å². The van der Waals surface area contributed by atoms with Gasteiger partial charge in [-0.1, -0.05) is 77.7 Å². The smallest absolute Gasteiger partial charge is 0.320 e. The van der Waals surface area contributed by atoms with E-state index in [4.69, 9.17) is 0 Å². The van der Waals surface area contributed by atoms with E-state index in [1.165, 1.54) is 0 Å². The Hall–Kier alpha value is -0.960. The molecule has 2 aromatic rings. The minimum absolute atomic E-state index is 0.407. The molecule has 0 aliphatic carbocycles. The van der Waals surface area contributed by atoms with Crippen LogP contribution in [0.25, 0.3) is 0 Å². The highest BCUT2D eigenvalue weighted by Crippen LogP contribution is 2.38. The molecule has 2 N–H and O–H groups in total. The first kappa shape index (κ1) is 23.3. The van der Waals surface area contributed by atoms with Gasteiger partial charge in [0.15, 0.2) is 0 Å². The second kappa shape index (κ2) is 9.69. The second-order valence-electron chi connectivity index (χ2n) is 6.81. The van der Waals surface area contributed by atoms with Gasteiger partial charge in [0.1, 0.15) is 8.65 Å². The summed E-state index contributed by atoms with van der Waals surface area (Å²) in [7, 11) is 3.23. The quantitative estimate of drug-likeness (QED) is 0.294. The molecule has 2 atom stereocenters. The van der Waals surface area contributed by atoms with E-state index in [2.05, 4.69) is 31.9 Å². The standard InChI is InChI=1S/C20H20Br2O4S2/c1-19(21,17(23)24)11-13-3-7-15(8-4-13)27-28-16-9-5-14(6-10-16)12-20(2,22)18(25)26/h3-10H,11-12H2,1-2H3,(H,23,24)(H,25,26). The first-order chi connectivity index (χ1) is 13.0. The molecule has 0 spiro atoms. The Bertz CT molecular complexity index is 763. The van der Waals surface area contributed by atoms with Gasteiger partial charge >= 0.3 is 11.9 Å². The minimum atomic E-state index is -0.968. The Morgan fingerprint density at radius 2 is 1.04 bits per heavy atom. The van der Waals surface area contributed by atoms with Crippen molar-refractivity contribution >= 4 is 65.4 Å². The van der Waals surface area contributed by atoms with Crippen molar-refractivity contribution in [3.63, 3.8) is 0 Å². The number of hydrogen-bond acceptors (Lipinski definition) is 4. The molecule has 2 unspecified atom stereocenters. The van der Waals surface area contributed by atoms with Crippen LogP contribution in [-0.2, 0) is 22.4 Å². The lowest BCUT2D eigenvalue weighted by molar-refractivity contribution is -0.140. The van der Waals surface area contributed by atoms with Crippen molar-refractivity contribution in [1.82, 2.24) is 0 Å². The number of halogens is 2. The normalized spacial score (nSPS) is 15.4. The molecule has 0 aromatic heterocycles. The molecule has 0 heterocycles. The van der Waals surface area contributed by atoms with Gasteiger partial charge in [-0.2, -0.15) is 0 Å². The fraction of sp³-hybridized carbons (Fsp3) is 0.300. The molecule has 0 aliphatic heterocycles. The molecule has 0 aliphatic rings. The Morgan fingerprint density at radius 3 is 1.29 bits per heavy atom. The van der Waals surface area contributed by atoms with Crippen molar-refractivity contribution in [1.29, 1.82) is 0 Å². The lowest BCUT2D eigenvalue weighted by Gasteiger charge is -2.17. The zero-order valence-electron chi connectivity index (χ0n) is 15.3. The molecule has 2 aromatic carbocycles. The zero-order valence-corrected chi connectivity index (χ0v) is 20.1. The number of rotatable bonds is 9. The molecule has 0 saturated carbocycles. The van der Waals surface area contributed by atoms with Gasteiger partial charge in [0.25, 0.3) is 0 Å². The van der Waals surface area contributed by atoms with E-state index in [9.17, 15) is 19.8 Å². The summed E-state index contributed by atoms with van der Waals surface area (Å²) in [5, 5.41) is 18.4.